The fourth-order valence-electron chi connectivity index (χ4n) is 3.41. The molecule has 2 heteroatoms. The van der Waals surface area contributed by atoms with Gasteiger partial charge in [-0.2, -0.15) is 0 Å². The summed E-state index contributed by atoms with van der Waals surface area (Å²) in [6, 6.07) is 0. The van der Waals surface area contributed by atoms with Crippen LogP contribution in [-0.2, 0) is 9.53 Å². The Morgan fingerprint density at radius 1 is 0.615 bits per heavy atom. The topological polar surface area (TPSA) is 26.3 Å². The van der Waals surface area contributed by atoms with Gasteiger partial charge >= 0.3 is 5.97 Å². The molecule has 0 unspecified atom stereocenters. The van der Waals surface area contributed by atoms with Crippen molar-refractivity contribution >= 4 is 5.97 Å². The van der Waals surface area contributed by atoms with Gasteiger partial charge in [-0.25, -0.2) is 4.79 Å². The van der Waals surface area contributed by atoms with Gasteiger partial charge in [-0.1, -0.05) is 122 Å². The van der Waals surface area contributed by atoms with Crippen LogP contribution in [0.2, 0.25) is 0 Å². The maximum Gasteiger partial charge on any atom is 0.330 e. The van der Waals surface area contributed by atoms with Gasteiger partial charge in [0.25, 0.3) is 0 Å². The Kier molecular flexibility index (Phi) is 21.6. The lowest BCUT2D eigenvalue weighted by Crippen LogP contribution is -1.93. The quantitative estimate of drug-likeness (QED) is 0.123. The van der Waals surface area contributed by atoms with Gasteiger partial charge in [0, 0.05) is 6.08 Å². The van der Waals surface area contributed by atoms with Crippen LogP contribution in [0.15, 0.2) is 12.2 Å². The number of ether oxygens (including phenoxy) is 1. The Bertz CT molecular complexity index is 309. The molecule has 0 bridgehead atoms. The Morgan fingerprint density at radius 3 is 1.31 bits per heavy atom. The molecule has 0 spiro atoms. The Labute approximate surface area is 164 Å². The third kappa shape index (κ3) is 21.3. The van der Waals surface area contributed by atoms with Crippen molar-refractivity contribution in [3.63, 3.8) is 0 Å². The minimum absolute atomic E-state index is 0.243. The van der Waals surface area contributed by atoms with E-state index >= 15 is 0 Å². The normalized spacial score (nSPS) is 11.3. The molecule has 0 fully saturated rings. The second-order valence-electron chi connectivity index (χ2n) is 7.72. The van der Waals surface area contributed by atoms with Crippen molar-refractivity contribution in [2.75, 3.05) is 7.11 Å². The monoisotopic (exact) mass is 366 g/mol. The molecule has 0 aromatic carbocycles. The minimum atomic E-state index is -0.243. The summed E-state index contributed by atoms with van der Waals surface area (Å²) < 4.78 is 4.57. The van der Waals surface area contributed by atoms with Crippen molar-refractivity contribution in [1.29, 1.82) is 0 Å². The van der Waals surface area contributed by atoms with E-state index in [1.165, 1.54) is 129 Å². The fourth-order valence-corrected chi connectivity index (χ4v) is 3.41. The number of hydrogen-bond donors (Lipinski definition) is 0. The van der Waals surface area contributed by atoms with E-state index < -0.39 is 0 Å². The molecule has 0 saturated heterocycles. The van der Waals surface area contributed by atoms with Crippen LogP contribution < -0.4 is 0 Å². The van der Waals surface area contributed by atoms with Gasteiger partial charge < -0.3 is 4.74 Å². The fraction of sp³-hybridized carbons (Fsp3) is 0.875. The zero-order valence-electron chi connectivity index (χ0n) is 17.9. The predicted molar refractivity (Wildman–Crippen MR) is 115 cm³/mol. The molecule has 2 nitrogen and oxygen atoms in total. The number of carbonyl (C=O) groups excluding carboxylic acids is 1. The Balaban J connectivity index is 3.05. The largest absolute Gasteiger partial charge is 0.466 e. The number of methoxy groups -OCH3 is 1. The first-order valence-electron chi connectivity index (χ1n) is 11.6. The summed E-state index contributed by atoms with van der Waals surface area (Å²) >= 11 is 0. The van der Waals surface area contributed by atoms with Crippen molar-refractivity contribution in [2.24, 2.45) is 0 Å². The van der Waals surface area contributed by atoms with Crippen LogP contribution in [0.4, 0.5) is 0 Å². The Hall–Kier alpha value is -0.790. The highest BCUT2D eigenvalue weighted by molar-refractivity contribution is 5.81. The zero-order chi connectivity index (χ0) is 19.1. The summed E-state index contributed by atoms with van der Waals surface area (Å²) in [5.41, 5.74) is 0. The van der Waals surface area contributed by atoms with Crippen LogP contribution in [0.5, 0.6) is 0 Å². The molecular formula is C24H46O2. The van der Waals surface area contributed by atoms with Gasteiger partial charge in [-0.3, -0.25) is 0 Å². The first kappa shape index (κ1) is 25.2. The molecule has 0 aliphatic heterocycles. The first-order chi connectivity index (χ1) is 12.8. The molecule has 0 aliphatic carbocycles. The van der Waals surface area contributed by atoms with Crippen molar-refractivity contribution < 1.29 is 9.53 Å². The number of esters is 1. The lowest BCUT2D eigenvalue weighted by atomic mass is 10.0. The smallest absolute Gasteiger partial charge is 0.330 e. The standard InChI is InChI=1S/C24H46O2/c1-3-4-5-6-7-8-9-10-11-12-13-14-15-16-17-18-19-20-21-22-23-24(25)26-2/h22-23H,3-21H2,1-2H3/b23-22+. The molecule has 26 heavy (non-hydrogen) atoms. The third-order valence-electron chi connectivity index (χ3n) is 5.18. The summed E-state index contributed by atoms with van der Waals surface area (Å²) in [6.45, 7) is 2.29. The molecule has 0 heterocycles. The maximum absolute atomic E-state index is 10.9. The van der Waals surface area contributed by atoms with E-state index in [4.69, 9.17) is 0 Å². The number of allylic oxidation sites excluding steroid dienone is 1. The molecule has 0 aromatic rings. The van der Waals surface area contributed by atoms with Gasteiger partial charge in [0.15, 0.2) is 0 Å². The summed E-state index contributed by atoms with van der Waals surface area (Å²) in [7, 11) is 1.42. The number of carbonyl (C=O) groups is 1. The summed E-state index contributed by atoms with van der Waals surface area (Å²) in [5.74, 6) is -0.243. The highest BCUT2D eigenvalue weighted by Crippen LogP contribution is 2.14. The second-order valence-corrected chi connectivity index (χ2v) is 7.72. The number of unbranched alkanes of at least 4 members (excludes halogenated alkanes) is 18. The van der Waals surface area contributed by atoms with Crippen LogP contribution >= 0.6 is 0 Å². The average molecular weight is 367 g/mol. The lowest BCUT2D eigenvalue weighted by Gasteiger charge is -2.03. The van der Waals surface area contributed by atoms with E-state index in [1.54, 1.807) is 0 Å². The average Bonchev–Trinajstić information content (AvgIpc) is 2.66. The van der Waals surface area contributed by atoms with E-state index in [0.29, 0.717) is 0 Å². The van der Waals surface area contributed by atoms with E-state index in [-0.39, 0.29) is 5.97 Å². The van der Waals surface area contributed by atoms with Crippen LogP contribution in [0, 0.1) is 0 Å². The van der Waals surface area contributed by atoms with Crippen molar-refractivity contribution in [3.8, 4) is 0 Å². The molecule has 0 aromatic heterocycles. The Morgan fingerprint density at radius 2 is 0.962 bits per heavy atom. The molecule has 0 amide bonds. The molecular weight excluding hydrogens is 320 g/mol. The molecule has 0 radical (unpaired) electrons. The highest BCUT2D eigenvalue weighted by atomic mass is 16.5. The summed E-state index contributed by atoms with van der Waals surface area (Å²) in [5, 5.41) is 0. The van der Waals surface area contributed by atoms with Gasteiger partial charge in [0.1, 0.15) is 0 Å². The molecule has 0 aliphatic rings. The van der Waals surface area contributed by atoms with Crippen LogP contribution in [0.3, 0.4) is 0 Å². The van der Waals surface area contributed by atoms with E-state index in [9.17, 15) is 4.79 Å². The maximum atomic E-state index is 10.9. The predicted octanol–water partition coefficient (Wildman–Crippen LogP) is 8.15. The molecule has 154 valence electrons. The zero-order valence-corrected chi connectivity index (χ0v) is 17.9. The third-order valence-corrected chi connectivity index (χ3v) is 5.18. The van der Waals surface area contributed by atoms with Crippen LogP contribution in [0.25, 0.3) is 0 Å². The van der Waals surface area contributed by atoms with Crippen molar-refractivity contribution in [2.45, 2.75) is 129 Å². The molecule has 0 N–H and O–H groups in total. The number of hydrogen-bond acceptors (Lipinski definition) is 2. The molecule has 0 atom stereocenters. The number of rotatable bonds is 20. The van der Waals surface area contributed by atoms with Crippen molar-refractivity contribution in [1.82, 2.24) is 0 Å². The summed E-state index contributed by atoms with van der Waals surface area (Å²) in [6.07, 6.45) is 29.7. The van der Waals surface area contributed by atoms with E-state index in [2.05, 4.69) is 11.7 Å². The highest BCUT2D eigenvalue weighted by Gasteiger charge is 1.95. The van der Waals surface area contributed by atoms with E-state index in [1.807, 2.05) is 6.08 Å². The minimum Gasteiger partial charge on any atom is -0.466 e. The lowest BCUT2D eigenvalue weighted by molar-refractivity contribution is -0.134. The molecule has 0 rings (SSSR count). The van der Waals surface area contributed by atoms with E-state index in [0.717, 1.165) is 6.42 Å². The van der Waals surface area contributed by atoms with Gasteiger partial charge in [-0.05, 0) is 12.8 Å². The van der Waals surface area contributed by atoms with Gasteiger partial charge in [0.05, 0.1) is 7.11 Å². The second kappa shape index (κ2) is 22.3. The SMILES string of the molecule is CCCCCCCCCCCCCCCCCCCC/C=C/C(=O)OC. The van der Waals surface area contributed by atoms with Gasteiger partial charge in [0.2, 0.25) is 0 Å². The van der Waals surface area contributed by atoms with Crippen LogP contribution in [0.1, 0.15) is 129 Å². The summed E-state index contributed by atoms with van der Waals surface area (Å²) in [4.78, 5) is 10.9. The van der Waals surface area contributed by atoms with Gasteiger partial charge in [-0.15, -0.1) is 0 Å². The first-order valence-corrected chi connectivity index (χ1v) is 11.6. The van der Waals surface area contributed by atoms with Crippen molar-refractivity contribution in [3.05, 3.63) is 12.2 Å². The molecule has 0 saturated carbocycles. The van der Waals surface area contributed by atoms with Crippen LogP contribution in [-0.4, -0.2) is 13.1 Å².